The van der Waals surface area contributed by atoms with E-state index in [4.69, 9.17) is 4.74 Å². The Morgan fingerprint density at radius 3 is 2.94 bits per heavy atom. The first-order chi connectivity index (χ1) is 8.67. The second kappa shape index (κ2) is 7.82. The monoisotopic (exact) mass is 250 g/mol. The van der Waals surface area contributed by atoms with Gasteiger partial charge in [-0.05, 0) is 31.9 Å². The molecule has 0 aliphatic rings. The first kappa shape index (κ1) is 14.6. The molecule has 0 saturated carbocycles. The Balaban J connectivity index is 2.42. The number of aromatic nitrogens is 1. The van der Waals surface area contributed by atoms with Crippen molar-refractivity contribution >= 4 is 5.97 Å². The highest BCUT2D eigenvalue weighted by molar-refractivity contribution is 5.69. The van der Waals surface area contributed by atoms with Crippen LogP contribution in [0.2, 0.25) is 0 Å². The lowest BCUT2D eigenvalue weighted by atomic mass is 10.1. The van der Waals surface area contributed by atoms with E-state index in [1.54, 1.807) is 6.20 Å². The summed E-state index contributed by atoms with van der Waals surface area (Å²) >= 11 is 0. The van der Waals surface area contributed by atoms with E-state index in [-0.39, 0.29) is 12.0 Å². The molecule has 0 aliphatic carbocycles. The molecule has 100 valence electrons. The van der Waals surface area contributed by atoms with E-state index >= 15 is 0 Å². The van der Waals surface area contributed by atoms with Crippen LogP contribution in [-0.2, 0) is 22.5 Å². The molecule has 0 saturated heterocycles. The van der Waals surface area contributed by atoms with Crippen molar-refractivity contribution in [2.45, 2.75) is 46.2 Å². The Hall–Kier alpha value is -1.42. The third-order valence-corrected chi connectivity index (χ3v) is 2.76. The highest BCUT2D eigenvalue weighted by atomic mass is 16.5. The van der Waals surface area contributed by atoms with E-state index in [0.29, 0.717) is 19.6 Å². The number of rotatable bonds is 7. The number of hydrogen-bond donors (Lipinski definition) is 1. The Kier molecular flexibility index (Phi) is 6.36. The Labute approximate surface area is 109 Å². The zero-order valence-electron chi connectivity index (χ0n) is 11.4. The quantitative estimate of drug-likeness (QED) is 0.753. The fourth-order valence-electron chi connectivity index (χ4n) is 1.77. The summed E-state index contributed by atoms with van der Waals surface area (Å²) in [7, 11) is 0. The molecule has 0 aromatic carbocycles. The van der Waals surface area contributed by atoms with Gasteiger partial charge in [0.15, 0.2) is 0 Å². The van der Waals surface area contributed by atoms with Gasteiger partial charge in [0.25, 0.3) is 0 Å². The molecule has 1 heterocycles. The molecule has 4 heteroatoms. The summed E-state index contributed by atoms with van der Waals surface area (Å²) in [4.78, 5) is 15.7. The minimum Gasteiger partial charge on any atom is -0.466 e. The summed E-state index contributed by atoms with van der Waals surface area (Å²) in [6.45, 7) is 7.03. The van der Waals surface area contributed by atoms with E-state index in [9.17, 15) is 4.79 Å². The van der Waals surface area contributed by atoms with Crippen LogP contribution in [-0.4, -0.2) is 23.6 Å². The summed E-state index contributed by atoms with van der Waals surface area (Å²) in [5.74, 6) is -0.158. The minimum absolute atomic E-state index is 0.0933. The normalized spacial score (nSPS) is 12.2. The molecular weight excluding hydrogens is 228 g/mol. The van der Waals surface area contributed by atoms with Crippen molar-refractivity contribution in [3.05, 3.63) is 29.6 Å². The molecule has 1 aromatic rings. The molecule has 1 atom stereocenters. The van der Waals surface area contributed by atoms with Crippen molar-refractivity contribution in [3.63, 3.8) is 0 Å². The molecule has 1 N–H and O–H groups in total. The Bertz CT molecular complexity index is 380. The Morgan fingerprint density at radius 1 is 1.50 bits per heavy atom. The number of nitrogens with zero attached hydrogens (tertiary/aromatic N) is 1. The van der Waals surface area contributed by atoms with Gasteiger partial charge < -0.3 is 10.1 Å². The highest BCUT2D eigenvalue weighted by Gasteiger charge is 2.10. The molecule has 1 aromatic heterocycles. The van der Waals surface area contributed by atoms with Crippen LogP contribution in [0.1, 0.15) is 38.4 Å². The smallest absolute Gasteiger partial charge is 0.307 e. The van der Waals surface area contributed by atoms with Crippen molar-refractivity contribution in [3.8, 4) is 0 Å². The molecular formula is C14H22N2O2. The van der Waals surface area contributed by atoms with Gasteiger partial charge in [-0.2, -0.15) is 0 Å². The molecule has 0 bridgehead atoms. The van der Waals surface area contributed by atoms with E-state index in [1.165, 1.54) is 5.56 Å². The van der Waals surface area contributed by atoms with Crippen LogP contribution in [0, 0.1) is 0 Å². The van der Waals surface area contributed by atoms with Gasteiger partial charge in [-0.1, -0.05) is 13.0 Å². The van der Waals surface area contributed by atoms with Gasteiger partial charge in [0.2, 0.25) is 0 Å². The van der Waals surface area contributed by atoms with Gasteiger partial charge in [0.1, 0.15) is 0 Å². The molecule has 0 amide bonds. The maximum atomic E-state index is 11.3. The average molecular weight is 250 g/mol. The topological polar surface area (TPSA) is 51.2 Å². The SMILES string of the molecule is CCOC(=O)CC(C)NCc1ncccc1CC. The summed E-state index contributed by atoms with van der Waals surface area (Å²) < 4.78 is 4.91. The van der Waals surface area contributed by atoms with Crippen LogP contribution >= 0.6 is 0 Å². The molecule has 18 heavy (non-hydrogen) atoms. The second-order valence-electron chi connectivity index (χ2n) is 4.25. The third-order valence-electron chi connectivity index (χ3n) is 2.76. The van der Waals surface area contributed by atoms with E-state index in [0.717, 1.165) is 12.1 Å². The fourth-order valence-corrected chi connectivity index (χ4v) is 1.77. The van der Waals surface area contributed by atoms with Crippen molar-refractivity contribution in [1.82, 2.24) is 10.3 Å². The predicted molar refractivity (Wildman–Crippen MR) is 71.2 cm³/mol. The molecule has 0 fully saturated rings. The maximum absolute atomic E-state index is 11.3. The van der Waals surface area contributed by atoms with Crippen molar-refractivity contribution in [2.75, 3.05) is 6.61 Å². The zero-order valence-corrected chi connectivity index (χ0v) is 11.4. The number of hydrogen-bond acceptors (Lipinski definition) is 4. The van der Waals surface area contributed by atoms with E-state index in [2.05, 4.69) is 23.3 Å². The van der Waals surface area contributed by atoms with Gasteiger partial charge in [0.05, 0.1) is 18.7 Å². The maximum Gasteiger partial charge on any atom is 0.307 e. The van der Waals surface area contributed by atoms with Gasteiger partial charge in [-0.15, -0.1) is 0 Å². The number of aryl methyl sites for hydroxylation is 1. The van der Waals surface area contributed by atoms with Crippen molar-refractivity contribution in [1.29, 1.82) is 0 Å². The predicted octanol–water partition coefficient (Wildman–Crippen LogP) is 2.08. The van der Waals surface area contributed by atoms with Crippen LogP contribution in [0.5, 0.6) is 0 Å². The number of carbonyl (C=O) groups excluding carboxylic acids is 1. The lowest BCUT2D eigenvalue weighted by Crippen LogP contribution is -2.29. The molecule has 0 spiro atoms. The highest BCUT2D eigenvalue weighted by Crippen LogP contribution is 2.06. The molecule has 0 radical (unpaired) electrons. The number of nitrogens with one attached hydrogen (secondary N) is 1. The fraction of sp³-hybridized carbons (Fsp3) is 0.571. The molecule has 1 unspecified atom stereocenters. The minimum atomic E-state index is -0.158. The average Bonchev–Trinajstić information content (AvgIpc) is 2.37. The van der Waals surface area contributed by atoms with Gasteiger partial charge >= 0.3 is 5.97 Å². The lowest BCUT2D eigenvalue weighted by molar-refractivity contribution is -0.143. The molecule has 0 aliphatic heterocycles. The Morgan fingerprint density at radius 2 is 2.28 bits per heavy atom. The zero-order chi connectivity index (χ0) is 13.4. The number of ether oxygens (including phenoxy) is 1. The third kappa shape index (κ3) is 4.84. The van der Waals surface area contributed by atoms with E-state index < -0.39 is 0 Å². The molecule has 4 nitrogen and oxygen atoms in total. The van der Waals surface area contributed by atoms with Crippen molar-refractivity contribution < 1.29 is 9.53 Å². The van der Waals surface area contributed by atoms with Crippen LogP contribution in [0.4, 0.5) is 0 Å². The van der Waals surface area contributed by atoms with Crippen LogP contribution < -0.4 is 5.32 Å². The number of pyridine rings is 1. The number of esters is 1. The first-order valence-corrected chi connectivity index (χ1v) is 6.49. The van der Waals surface area contributed by atoms with Gasteiger partial charge in [-0.3, -0.25) is 9.78 Å². The summed E-state index contributed by atoms with van der Waals surface area (Å²) in [6.07, 6.45) is 3.16. The van der Waals surface area contributed by atoms with Gasteiger partial charge in [-0.25, -0.2) is 0 Å². The van der Waals surface area contributed by atoms with Crippen molar-refractivity contribution in [2.24, 2.45) is 0 Å². The largest absolute Gasteiger partial charge is 0.466 e. The van der Waals surface area contributed by atoms with Gasteiger partial charge in [0, 0.05) is 18.8 Å². The molecule has 1 rings (SSSR count). The standard InChI is InChI=1S/C14H22N2O2/c1-4-12-7-6-8-15-13(12)10-16-11(3)9-14(17)18-5-2/h6-8,11,16H,4-5,9-10H2,1-3H3. The lowest BCUT2D eigenvalue weighted by Gasteiger charge is -2.14. The van der Waals surface area contributed by atoms with E-state index in [1.807, 2.05) is 19.9 Å². The second-order valence-corrected chi connectivity index (χ2v) is 4.25. The van der Waals surface area contributed by atoms with Crippen LogP contribution in [0.3, 0.4) is 0 Å². The summed E-state index contributed by atoms with van der Waals surface area (Å²) in [6, 6.07) is 4.13. The van der Waals surface area contributed by atoms with Crippen LogP contribution in [0.25, 0.3) is 0 Å². The first-order valence-electron chi connectivity index (χ1n) is 6.49. The number of carbonyl (C=O) groups is 1. The summed E-state index contributed by atoms with van der Waals surface area (Å²) in [5.41, 5.74) is 2.30. The van der Waals surface area contributed by atoms with Crippen LogP contribution in [0.15, 0.2) is 18.3 Å². The summed E-state index contributed by atoms with van der Waals surface area (Å²) in [5, 5.41) is 3.30.